The lowest BCUT2D eigenvalue weighted by molar-refractivity contribution is -0.138. The van der Waals surface area contributed by atoms with Gasteiger partial charge in [-0.1, -0.05) is 20.8 Å². The summed E-state index contributed by atoms with van der Waals surface area (Å²) in [6.07, 6.45) is 10.9. The van der Waals surface area contributed by atoms with Gasteiger partial charge in [-0.15, -0.1) is 0 Å². The summed E-state index contributed by atoms with van der Waals surface area (Å²) in [7, 11) is 0. The molecule has 0 radical (unpaired) electrons. The van der Waals surface area contributed by atoms with E-state index in [9.17, 15) is 4.79 Å². The third-order valence-corrected chi connectivity index (χ3v) is 6.02. The zero-order chi connectivity index (χ0) is 14.8. The lowest BCUT2D eigenvalue weighted by atomic mass is 9.64. The topological polar surface area (TPSA) is 37.3 Å². The van der Waals surface area contributed by atoms with Crippen LogP contribution >= 0.6 is 0 Å². The molecule has 0 spiro atoms. The molecule has 0 aromatic carbocycles. The van der Waals surface area contributed by atoms with Crippen molar-refractivity contribution in [1.82, 2.24) is 0 Å². The monoisotopic (exact) mass is 280 g/mol. The average molecular weight is 280 g/mol. The molecule has 0 saturated heterocycles. The van der Waals surface area contributed by atoms with Gasteiger partial charge < -0.3 is 5.11 Å². The Hall–Kier alpha value is -0.530. The maximum absolute atomic E-state index is 10.8. The molecule has 2 saturated carbocycles. The van der Waals surface area contributed by atoms with Crippen LogP contribution in [0.5, 0.6) is 0 Å². The second-order valence-electron chi connectivity index (χ2n) is 8.36. The molecule has 2 aliphatic rings. The molecule has 0 atom stereocenters. The van der Waals surface area contributed by atoms with Gasteiger partial charge in [0, 0.05) is 6.42 Å². The molecule has 0 aliphatic heterocycles. The fourth-order valence-electron chi connectivity index (χ4n) is 4.57. The van der Waals surface area contributed by atoms with Crippen LogP contribution in [0.15, 0.2) is 0 Å². The molecule has 2 fully saturated rings. The third kappa shape index (κ3) is 4.23. The number of aliphatic carboxylic acids is 1. The Kier molecular flexibility index (Phi) is 5.14. The lowest BCUT2D eigenvalue weighted by Crippen LogP contribution is -2.30. The summed E-state index contributed by atoms with van der Waals surface area (Å²) in [6, 6.07) is 0. The molecule has 0 aromatic rings. The van der Waals surface area contributed by atoms with E-state index >= 15 is 0 Å². The average Bonchev–Trinajstić information content (AvgIpc) is 2.38. The number of carboxylic acid groups (broad SMARTS) is 1. The van der Waals surface area contributed by atoms with Crippen LogP contribution in [-0.4, -0.2) is 11.1 Å². The molecular formula is C18H32O2. The fourth-order valence-corrected chi connectivity index (χ4v) is 4.57. The standard InChI is InChI=1S/C18H32O2/c1-18(2,3)16-10-8-15(9-11-16)14-6-4-13(5-7-14)12-17(19)20/h13-16H,4-12H2,1-3H3,(H,19,20)/t13-,14-,15?,16?. The van der Waals surface area contributed by atoms with Crippen LogP contribution in [0.3, 0.4) is 0 Å². The second-order valence-corrected chi connectivity index (χ2v) is 8.36. The largest absolute Gasteiger partial charge is 0.481 e. The van der Waals surface area contributed by atoms with Crippen LogP contribution in [0.4, 0.5) is 0 Å². The van der Waals surface area contributed by atoms with Crippen molar-refractivity contribution in [2.75, 3.05) is 0 Å². The number of carbonyl (C=O) groups is 1. The highest BCUT2D eigenvalue weighted by Gasteiger charge is 2.34. The molecule has 2 rings (SSSR count). The number of rotatable bonds is 3. The summed E-state index contributed by atoms with van der Waals surface area (Å²) in [4.78, 5) is 10.8. The van der Waals surface area contributed by atoms with Gasteiger partial charge in [0.2, 0.25) is 0 Å². The molecule has 0 amide bonds. The first-order valence-electron chi connectivity index (χ1n) is 8.58. The summed E-state index contributed by atoms with van der Waals surface area (Å²) in [5.41, 5.74) is 0.476. The van der Waals surface area contributed by atoms with Crippen molar-refractivity contribution >= 4 is 5.97 Å². The smallest absolute Gasteiger partial charge is 0.303 e. The van der Waals surface area contributed by atoms with Crippen LogP contribution in [-0.2, 0) is 4.79 Å². The van der Waals surface area contributed by atoms with Crippen LogP contribution in [0.25, 0.3) is 0 Å². The molecule has 0 heterocycles. The zero-order valence-electron chi connectivity index (χ0n) is 13.5. The minimum Gasteiger partial charge on any atom is -0.481 e. The molecule has 20 heavy (non-hydrogen) atoms. The highest BCUT2D eigenvalue weighted by Crippen LogP contribution is 2.45. The predicted molar refractivity (Wildman–Crippen MR) is 82.6 cm³/mol. The van der Waals surface area contributed by atoms with Crippen LogP contribution in [0.2, 0.25) is 0 Å². The van der Waals surface area contributed by atoms with Crippen molar-refractivity contribution in [3.05, 3.63) is 0 Å². The highest BCUT2D eigenvalue weighted by molar-refractivity contribution is 5.67. The van der Waals surface area contributed by atoms with Crippen molar-refractivity contribution in [3.63, 3.8) is 0 Å². The van der Waals surface area contributed by atoms with Gasteiger partial charge in [-0.25, -0.2) is 0 Å². The summed E-state index contributed by atoms with van der Waals surface area (Å²) in [6.45, 7) is 7.15. The Morgan fingerprint density at radius 1 is 0.900 bits per heavy atom. The van der Waals surface area contributed by atoms with Gasteiger partial charge in [0.1, 0.15) is 0 Å². The van der Waals surface area contributed by atoms with Gasteiger partial charge >= 0.3 is 5.97 Å². The van der Waals surface area contributed by atoms with E-state index in [-0.39, 0.29) is 0 Å². The maximum Gasteiger partial charge on any atom is 0.303 e. The van der Waals surface area contributed by atoms with Crippen LogP contribution < -0.4 is 0 Å². The quantitative estimate of drug-likeness (QED) is 0.779. The van der Waals surface area contributed by atoms with Crippen LogP contribution in [0, 0.1) is 29.1 Å². The summed E-state index contributed by atoms with van der Waals surface area (Å²) < 4.78 is 0. The summed E-state index contributed by atoms with van der Waals surface area (Å²) in [5, 5.41) is 8.89. The van der Waals surface area contributed by atoms with Gasteiger partial charge in [0.05, 0.1) is 0 Å². The lowest BCUT2D eigenvalue weighted by Gasteiger charge is -2.41. The first kappa shape index (κ1) is 15.9. The fraction of sp³-hybridized carbons (Fsp3) is 0.944. The van der Waals surface area contributed by atoms with E-state index in [0.29, 0.717) is 17.8 Å². The minimum absolute atomic E-state index is 0.392. The van der Waals surface area contributed by atoms with Crippen molar-refractivity contribution in [2.45, 2.75) is 78.6 Å². The molecule has 2 heteroatoms. The van der Waals surface area contributed by atoms with Crippen LogP contribution in [0.1, 0.15) is 78.6 Å². The number of hydrogen-bond donors (Lipinski definition) is 1. The van der Waals surface area contributed by atoms with Crippen molar-refractivity contribution in [1.29, 1.82) is 0 Å². The van der Waals surface area contributed by atoms with E-state index < -0.39 is 5.97 Å². The summed E-state index contributed by atoms with van der Waals surface area (Å²) in [5.74, 6) is 2.57. The van der Waals surface area contributed by atoms with E-state index in [1.54, 1.807) is 0 Å². The summed E-state index contributed by atoms with van der Waals surface area (Å²) >= 11 is 0. The van der Waals surface area contributed by atoms with Gasteiger partial charge in [0.15, 0.2) is 0 Å². The SMILES string of the molecule is CC(C)(C)C1CCC([C@H]2CC[C@H](CC(=O)O)CC2)CC1. The third-order valence-electron chi connectivity index (χ3n) is 6.02. The predicted octanol–water partition coefficient (Wildman–Crippen LogP) is 5.12. The first-order chi connectivity index (χ1) is 9.36. The Morgan fingerprint density at radius 3 is 1.75 bits per heavy atom. The van der Waals surface area contributed by atoms with Gasteiger partial charge in [-0.3, -0.25) is 4.79 Å². The van der Waals surface area contributed by atoms with E-state index in [1.807, 2.05) is 0 Å². The maximum atomic E-state index is 10.8. The van der Waals surface area contributed by atoms with E-state index in [1.165, 1.54) is 38.5 Å². The normalized spacial score (nSPS) is 35.8. The van der Waals surface area contributed by atoms with Gasteiger partial charge in [-0.05, 0) is 80.5 Å². The molecule has 2 aliphatic carbocycles. The molecule has 0 unspecified atom stereocenters. The van der Waals surface area contributed by atoms with Crippen molar-refractivity contribution < 1.29 is 9.90 Å². The van der Waals surface area contributed by atoms with Crippen molar-refractivity contribution in [3.8, 4) is 0 Å². The number of hydrogen-bond acceptors (Lipinski definition) is 1. The minimum atomic E-state index is -0.612. The zero-order valence-corrected chi connectivity index (χ0v) is 13.5. The Labute approximate surface area is 124 Å². The molecule has 2 nitrogen and oxygen atoms in total. The molecule has 0 bridgehead atoms. The molecule has 1 N–H and O–H groups in total. The highest BCUT2D eigenvalue weighted by atomic mass is 16.4. The van der Waals surface area contributed by atoms with Crippen molar-refractivity contribution in [2.24, 2.45) is 29.1 Å². The molecular weight excluding hydrogens is 248 g/mol. The number of carboxylic acids is 1. The van der Waals surface area contributed by atoms with E-state index in [4.69, 9.17) is 5.11 Å². The van der Waals surface area contributed by atoms with Gasteiger partial charge in [-0.2, -0.15) is 0 Å². The second kappa shape index (κ2) is 6.49. The first-order valence-corrected chi connectivity index (χ1v) is 8.58. The van der Waals surface area contributed by atoms with E-state index in [2.05, 4.69) is 20.8 Å². The Balaban J connectivity index is 1.74. The Bertz CT molecular complexity index is 313. The molecule has 116 valence electrons. The van der Waals surface area contributed by atoms with E-state index in [0.717, 1.165) is 30.6 Å². The Morgan fingerprint density at radius 2 is 1.35 bits per heavy atom. The molecule has 0 aromatic heterocycles. The van der Waals surface area contributed by atoms with Gasteiger partial charge in [0.25, 0.3) is 0 Å².